The number of rotatable bonds is 1. The van der Waals surface area contributed by atoms with E-state index in [-0.39, 0.29) is 0 Å². The number of hydrogen-bond acceptors (Lipinski definition) is 1. The maximum absolute atomic E-state index is 12.3. The molecule has 0 heterocycles. The van der Waals surface area contributed by atoms with E-state index in [1.807, 2.05) is 19.0 Å². The molecular formula is C15H25NO. The van der Waals surface area contributed by atoms with Crippen LogP contribution >= 0.6 is 0 Å². The third-order valence-corrected chi connectivity index (χ3v) is 5.74. The minimum Gasteiger partial charge on any atom is -0.349 e. The van der Waals surface area contributed by atoms with Crippen molar-refractivity contribution in [1.82, 2.24) is 4.90 Å². The van der Waals surface area contributed by atoms with Gasteiger partial charge in [-0.3, -0.25) is 4.79 Å². The van der Waals surface area contributed by atoms with Crippen molar-refractivity contribution in [2.24, 2.45) is 29.6 Å². The van der Waals surface area contributed by atoms with Gasteiger partial charge in [0, 0.05) is 20.0 Å². The minimum absolute atomic E-state index is 0.362. The molecule has 2 nitrogen and oxygen atoms in total. The highest BCUT2D eigenvalue weighted by atomic mass is 16.2. The lowest BCUT2D eigenvalue weighted by Crippen LogP contribution is -2.39. The molecule has 0 radical (unpaired) electrons. The Hall–Kier alpha value is -0.530. The highest BCUT2D eigenvalue weighted by molar-refractivity contribution is 5.79. The lowest BCUT2D eigenvalue weighted by atomic mass is 9.66. The Labute approximate surface area is 105 Å². The number of hydrogen-bond donors (Lipinski definition) is 0. The predicted octanol–water partition coefficient (Wildman–Crippen LogP) is 2.93. The van der Waals surface area contributed by atoms with Crippen LogP contribution in [0.1, 0.15) is 44.9 Å². The molecule has 0 spiro atoms. The van der Waals surface area contributed by atoms with Crippen LogP contribution in [0.2, 0.25) is 0 Å². The lowest BCUT2D eigenvalue weighted by Gasteiger charge is -2.39. The van der Waals surface area contributed by atoms with Crippen LogP contribution in [0.5, 0.6) is 0 Å². The molecule has 3 saturated carbocycles. The van der Waals surface area contributed by atoms with E-state index in [9.17, 15) is 4.79 Å². The maximum Gasteiger partial charge on any atom is 0.225 e. The van der Waals surface area contributed by atoms with Gasteiger partial charge in [-0.25, -0.2) is 0 Å². The van der Waals surface area contributed by atoms with Gasteiger partial charge in [-0.15, -0.1) is 0 Å². The van der Waals surface area contributed by atoms with Crippen molar-refractivity contribution in [3.05, 3.63) is 0 Å². The molecule has 17 heavy (non-hydrogen) atoms. The van der Waals surface area contributed by atoms with Crippen molar-refractivity contribution in [2.75, 3.05) is 14.1 Å². The summed E-state index contributed by atoms with van der Waals surface area (Å²) in [5.41, 5.74) is 0. The van der Waals surface area contributed by atoms with Crippen molar-refractivity contribution < 1.29 is 4.79 Å². The van der Waals surface area contributed by atoms with Gasteiger partial charge in [-0.2, -0.15) is 0 Å². The smallest absolute Gasteiger partial charge is 0.225 e. The Morgan fingerprint density at radius 2 is 1.65 bits per heavy atom. The Balaban J connectivity index is 1.81. The molecule has 2 heteroatoms. The van der Waals surface area contributed by atoms with Crippen molar-refractivity contribution in [1.29, 1.82) is 0 Å². The molecule has 4 unspecified atom stereocenters. The quantitative estimate of drug-likeness (QED) is 0.684. The average molecular weight is 235 g/mol. The first-order valence-corrected chi connectivity index (χ1v) is 7.39. The van der Waals surface area contributed by atoms with Crippen LogP contribution in [-0.4, -0.2) is 24.9 Å². The molecule has 3 aliphatic rings. The Morgan fingerprint density at radius 3 is 2.41 bits per heavy atom. The van der Waals surface area contributed by atoms with Crippen LogP contribution in [0.3, 0.4) is 0 Å². The molecular weight excluding hydrogens is 210 g/mol. The van der Waals surface area contributed by atoms with E-state index in [2.05, 4.69) is 0 Å². The van der Waals surface area contributed by atoms with Gasteiger partial charge in [0.2, 0.25) is 5.91 Å². The molecule has 0 aromatic heterocycles. The Kier molecular flexibility index (Phi) is 2.92. The van der Waals surface area contributed by atoms with Crippen LogP contribution < -0.4 is 0 Å². The summed E-state index contributed by atoms with van der Waals surface area (Å²) < 4.78 is 0. The first-order valence-electron chi connectivity index (χ1n) is 7.39. The third kappa shape index (κ3) is 1.80. The van der Waals surface area contributed by atoms with Crippen molar-refractivity contribution in [3.8, 4) is 0 Å². The highest BCUT2D eigenvalue weighted by Gasteiger charge is 2.50. The molecule has 1 amide bonds. The molecule has 3 aliphatic carbocycles. The van der Waals surface area contributed by atoms with E-state index in [0.29, 0.717) is 11.8 Å². The van der Waals surface area contributed by atoms with Gasteiger partial charge in [-0.05, 0) is 55.8 Å². The molecule has 0 aromatic rings. The van der Waals surface area contributed by atoms with Crippen molar-refractivity contribution in [3.63, 3.8) is 0 Å². The molecule has 0 N–H and O–H groups in total. The summed E-state index contributed by atoms with van der Waals surface area (Å²) in [7, 11) is 3.84. The molecule has 3 fully saturated rings. The van der Waals surface area contributed by atoms with Gasteiger partial charge in [0.15, 0.2) is 0 Å². The van der Waals surface area contributed by atoms with E-state index in [1.165, 1.54) is 38.5 Å². The first-order chi connectivity index (χ1) is 8.18. The normalized spacial score (nSPS) is 44.2. The summed E-state index contributed by atoms with van der Waals surface area (Å²) in [4.78, 5) is 14.1. The van der Waals surface area contributed by atoms with Gasteiger partial charge in [-0.1, -0.05) is 12.8 Å². The number of carbonyl (C=O) groups is 1. The van der Waals surface area contributed by atoms with Gasteiger partial charge in [0.05, 0.1) is 0 Å². The zero-order chi connectivity index (χ0) is 12.0. The second kappa shape index (κ2) is 4.29. The summed E-state index contributed by atoms with van der Waals surface area (Å²) in [6, 6.07) is 0. The zero-order valence-corrected chi connectivity index (χ0v) is 11.2. The highest BCUT2D eigenvalue weighted by Crippen LogP contribution is 2.56. The molecule has 3 rings (SSSR count). The first kappa shape index (κ1) is 11.6. The van der Waals surface area contributed by atoms with E-state index < -0.39 is 0 Å². The molecule has 0 saturated heterocycles. The lowest BCUT2D eigenvalue weighted by molar-refractivity contribution is -0.135. The SMILES string of the molecule is CN(C)C(=O)C1CCC2CCC3CCC[C@H]3C21. The molecule has 0 bridgehead atoms. The zero-order valence-electron chi connectivity index (χ0n) is 11.2. The predicted molar refractivity (Wildman–Crippen MR) is 68.5 cm³/mol. The van der Waals surface area contributed by atoms with E-state index in [0.717, 1.165) is 30.1 Å². The van der Waals surface area contributed by atoms with Crippen molar-refractivity contribution >= 4 is 5.91 Å². The van der Waals surface area contributed by atoms with Crippen LogP contribution in [0, 0.1) is 29.6 Å². The Bertz CT molecular complexity index is 312. The van der Waals surface area contributed by atoms with Gasteiger partial charge >= 0.3 is 0 Å². The molecule has 0 aromatic carbocycles. The molecule has 0 aliphatic heterocycles. The molecule has 96 valence electrons. The fourth-order valence-corrected chi connectivity index (χ4v) is 5.07. The number of amides is 1. The second-order valence-electron chi connectivity index (χ2n) is 6.69. The van der Waals surface area contributed by atoms with Crippen LogP contribution in [0.15, 0.2) is 0 Å². The summed E-state index contributed by atoms with van der Waals surface area (Å²) >= 11 is 0. The van der Waals surface area contributed by atoms with Gasteiger partial charge in [0.1, 0.15) is 0 Å². The number of carbonyl (C=O) groups excluding carboxylic acids is 1. The van der Waals surface area contributed by atoms with Gasteiger partial charge < -0.3 is 4.90 Å². The summed E-state index contributed by atoms with van der Waals surface area (Å²) in [6.07, 6.45) is 9.60. The third-order valence-electron chi connectivity index (χ3n) is 5.74. The standard InChI is InChI=1S/C15H25NO/c1-16(2)15(17)13-9-8-11-7-6-10-4-3-5-12(10)14(11)13/h10-14H,3-9H2,1-2H3/t10?,11?,12-,13?,14?/m1/s1. The van der Waals surface area contributed by atoms with E-state index >= 15 is 0 Å². The monoisotopic (exact) mass is 235 g/mol. The number of nitrogens with zero attached hydrogens (tertiary/aromatic N) is 1. The Morgan fingerprint density at radius 1 is 0.941 bits per heavy atom. The number of fused-ring (bicyclic) bond motifs is 3. The summed E-state index contributed by atoms with van der Waals surface area (Å²) in [5, 5.41) is 0. The second-order valence-corrected chi connectivity index (χ2v) is 6.69. The maximum atomic E-state index is 12.3. The van der Waals surface area contributed by atoms with Crippen LogP contribution in [0.25, 0.3) is 0 Å². The topological polar surface area (TPSA) is 20.3 Å². The summed E-state index contributed by atoms with van der Waals surface area (Å²) in [5.74, 6) is 4.25. The van der Waals surface area contributed by atoms with Crippen molar-refractivity contribution in [2.45, 2.75) is 44.9 Å². The fourth-order valence-electron chi connectivity index (χ4n) is 5.07. The average Bonchev–Trinajstić information content (AvgIpc) is 2.92. The minimum atomic E-state index is 0.362. The van der Waals surface area contributed by atoms with E-state index in [4.69, 9.17) is 0 Å². The largest absolute Gasteiger partial charge is 0.349 e. The van der Waals surface area contributed by atoms with E-state index in [1.54, 1.807) is 0 Å². The molecule has 5 atom stereocenters. The van der Waals surface area contributed by atoms with Gasteiger partial charge in [0.25, 0.3) is 0 Å². The fraction of sp³-hybridized carbons (Fsp3) is 0.933. The summed E-state index contributed by atoms with van der Waals surface area (Å²) in [6.45, 7) is 0. The van der Waals surface area contributed by atoms with Crippen LogP contribution in [0.4, 0.5) is 0 Å². The van der Waals surface area contributed by atoms with Crippen LogP contribution in [-0.2, 0) is 4.79 Å².